The highest BCUT2D eigenvalue weighted by Gasteiger charge is 2.35. The Kier molecular flexibility index (Phi) is 3.07. The van der Waals surface area contributed by atoms with Crippen LogP contribution in [0.15, 0.2) is 28.0 Å². The molecule has 0 atom stereocenters. The van der Waals surface area contributed by atoms with E-state index in [2.05, 4.69) is 9.71 Å². The summed E-state index contributed by atoms with van der Waals surface area (Å²) in [6.07, 6.45) is 3.27. The van der Waals surface area contributed by atoms with Crippen molar-refractivity contribution in [1.29, 1.82) is 0 Å². The van der Waals surface area contributed by atoms with Gasteiger partial charge in [-0.1, -0.05) is 0 Å². The van der Waals surface area contributed by atoms with Gasteiger partial charge >= 0.3 is 0 Å². The summed E-state index contributed by atoms with van der Waals surface area (Å²) < 4.78 is 25.9. The highest BCUT2D eigenvalue weighted by molar-refractivity contribution is 7.89. The summed E-state index contributed by atoms with van der Waals surface area (Å²) in [7, 11) is -3.67. The molecule has 0 spiro atoms. The van der Waals surface area contributed by atoms with Crippen LogP contribution in [0.25, 0.3) is 0 Å². The molecule has 0 aliphatic heterocycles. The van der Waals surface area contributed by atoms with Crippen molar-refractivity contribution in [1.82, 2.24) is 9.71 Å². The third kappa shape index (κ3) is 2.74. The lowest BCUT2D eigenvalue weighted by molar-refractivity contribution is -0.0270. The predicted octanol–water partition coefficient (Wildman–Crippen LogP) is -0.432. The number of H-pyrrole nitrogens is 1. The average Bonchev–Trinajstić information content (AvgIpc) is 2.24. The van der Waals surface area contributed by atoms with Crippen LogP contribution < -0.4 is 10.3 Å². The van der Waals surface area contributed by atoms with Gasteiger partial charge in [-0.05, 0) is 25.3 Å². The van der Waals surface area contributed by atoms with Gasteiger partial charge < -0.3 is 10.1 Å². The highest BCUT2D eigenvalue weighted by Crippen LogP contribution is 2.30. The van der Waals surface area contributed by atoms with E-state index >= 15 is 0 Å². The lowest BCUT2D eigenvalue weighted by Gasteiger charge is -2.36. The van der Waals surface area contributed by atoms with E-state index in [4.69, 9.17) is 0 Å². The van der Waals surface area contributed by atoms with E-state index in [1.165, 1.54) is 6.07 Å². The van der Waals surface area contributed by atoms with E-state index in [1.54, 1.807) is 0 Å². The third-order valence-corrected chi connectivity index (χ3v) is 4.34. The van der Waals surface area contributed by atoms with Crippen molar-refractivity contribution >= 4 is 10.0 Å². The molecule has 1 aliphatic carbocycles. The van der Waals surface area contributed by atoms with Crippen LogP contribution in [0.4, 0.5) is 0 Å². The zero-order valence-corrected chi connectivity index (χ0v) is 9.96. The Labute approximate surface area is 98.7 Å². The second kappa shape index (κ2) is 4.25. The summed E-state index contributed by atoms with van der Waals surface area (Å²) in [5, 5.41) is 9.78. The van der Waals surface area contributed by atoms with Crippen LogP contribution in [0.2, 0.25) is 0 Å². The molecule has 1 fully saturated rings. The zero-order valence-electron chi connectivity index (χ0n) is 9.14. The fourth-order valence-corrected chi connectivity index (χ4v) is 2.72. The lowest BCUT2D eigenvalue weighted by atomic mass is 9.81. The summed E-state index contributed by atoms with van der Waals surface area (Å²) in [4.78, 5) is 13.1. The first-order valence-electron chi connectivity index (χ1n) is 5.32. The molecular formula is C10H14N2O4S. The van der Waals surface area contributed by atoms with Crippen LogP contribution in [0, 0.1) is 0 Å². The molecule has 1 heterocycles. The van der Waals surface area contributed by atoms with Gasteiger partial charge in [-0.2, -0.15) is 0 Å². The molecule has 0 saturated heterocycles. The Morgan fingerprint density at radius 1 is 1.41 bits per heavy atom. The van der Waals surface area contributed by atoms with Gasteiger partial charge in [0.1, 0.15) is 0 Å². The van der Waals surface area contributed by atoms with Gasteiger partial charge in [0.05, 0.1) is 10.5 Å². The normalized spacial score (nSPS) is 18.6. The number of aromatic amines is 1. The SMILES string of the molecule is O=c1ccc(S(=O)(=O)NCC2(O)CCC2)c[nH]1. The molecule has 6 nitrogen and oxygen atoms in total. The van der Waals surface area contributed by atoms with E-state index in [1.807, 2.05) is 0 Å². The van der Waals surface area contributed by atoms with Crippen LogP contribution in [0.3, 0.4) is 0 Å². The van der Waals surface area contributed by atoms with Gasteiger partial charge in [-0.15, -0.1) is 0 Å². The molecule has 1 aromatic heterocycles. The minimum absolute atomic E-state index is 0.00839. The van der Waals surface area contributed by atoms with Crippen molar-refractivity contribution in [3.05, 3.63) is 28.7 Å². The summed E-state index contributed by atoms with van der Waals surface area (Å²) >= 11 is 0. The number of nitrogens with one attached hydrogen (secondary N) is 2. The first-order valence-corrected chi connectivity index (χ1v) is 6.80. The quantitative estimate of drug-likeness (QED) is 0.682. The minimum Gasteiger partial charge on any atom is -0.389 e. The van der Waals surface area contributed by atoms with Gasteiger partial charge in [0.15, 0.2) is 0 Å². The van der Waals surface area contributed by atoms with E-state index < -0.39 is 15.6 Å². The first-order chi connectivity index (χ1) is 7.91. The first kappa shape index (κ1) is 12.3. The van der Waals surface area contributed by atoms with E-state index in [9.17, 15) is 18.3 Å². The molecule has 1 saturated carbocycles. The lowest BCUT2D eigenvalue weighted by Crippen LogP contribution is -2.47. The molecule has 0 aromatic carbocycles. The molecule has 1 aliphatic rings. The van der Waals surface area contributed by atoms with Gasteiger partial charge in [-0.25, -0.2) is 13.1 Å². The smallest absolute Gasteiger partial charge is 0.247 e. The van der Waals surface area contributed by atoms with Crippen LogP contribution in [0.5, 0.6) is 0 Å². The Morgan fingerprint density at radius 3 is 2.59 bits per heavy atom. The zero-order chi connectivity index (χ0) is 12.5. The molecule has 17 heavy (non-hydrogen) atoms. The van der Waals surface area contributed by atoms with Gasteiger partial charge in [-0.3, -0.25) is 4.79 Å². The van der Waals surface area contributed by atoms with Crippen LogP contribution in [0.1, 0.15) is 19.3 Å². The van der Waals surface area contributed by atoms with Gasteiger partial charge in [0.2, 0.25) is 15.6 Å². The van der Waals surface area contributed by atoms with Crippen molar-refractivity contribution in [2.24, 2.45) is 0 Å². The number of hydrogen-bond donors (Lipinski definition) is 3. The minimum atomic E-state index is -3.67. The highest BCUT2D eigenvalue weighted by atomic mass is 32.2. The molecule has 7 heteroatoms. The number of aromatic nitrogens is 1. The number of sulfonamides is 1. The summed E-state index contributed by atoms with van der Waals surface area (Å²) in [5.41, 5.74) is -1.27. The fourth-order valence-electron chi connectivity index (χ4n) is 1.64. The maximum absolute atomic E-state index is 11.8. The Bertz CT molecular complexity index is 539. The molecule has 3 N–H and O–H groups in total. The number of aliphatic hydroxyl groups is 1. The average molecular weight is 258 g/mol. The second-order valence-electron chi connectivity index (χ2n) is 4.29. The van der Waals surface area contributed by atoms with Crippen LogP contribution in [-0.2, 0) is 10.0 Å². The predicted molar refractivity (Wildman–Crippen MR) is 61.1 cm³/mol. The van der Waals surface area contributed by atoms with Crippen LogP contribution >= 0.6 is 0 Å². The van der Waals surface area contributed by atoms with E-state index in [-0.39, 0.29) is 17.0 Å². The van der Waals surface area contributed by atoms with Crippen molar-refractivity contribution < 1.29 is 13.5 Å². The molecule has 94 valence electrons. The molecular weight excluding hydrogens is 244 g/mol. The van der Waals surface area contributed by atoms with E-state index in [0.29, 0.717) is 12.8 Å². The standard InChI is InChI=1S/C10H14N2O4S/c13-9-3-2-8(6-11-9)17(15,16)12-7-10(14)4-1-5-10/h2-3,6,12,14H,1,4-5,7H2,(H,11,13). The molecule has 2 rings (SSSR count). The molecule has 0 amide bonds. The number of pyridine rings is 1. The third-order valence-electron chi connectivity index (χ3n) is 2.94. The van der Waals surface area contributed by atoms with Crippen molar-refractivity contribution in [2.45, 2.75) is 29.8 Å². The van der Waals surface area contributed by atoms with Crippen LogP contribution in [-0.4, -0.2) is 30.7 Å². The Hall–Kier alpha value is -1.18. The second-order valence-corrected chi connectivity index (χ2v) is 6.06. The van der Waals surface area contributed by atoms with E-state index in [0.717, 1.165) is 18.7 Å². The Morgan fingerprint density at radius 2 is 2.12 bits per heavy atom. The van der Waals surface area contributed by atoms with Crippen molar-refractivity contribution in [2.75, 3.05) is 6.54 Å². The van der Waals surface area contributed by atoms with Gasteiger partial charge in [0, 0.05) is 18.8 Å². The van der Waals surface area contributed by atoms with Crippen molar-refractivity contribution in [3.8, 4) is 0 Å². The topological polar surface area (TPSA) is 99.3 Å². The van der Waals surface area contributed by atoms with Crippen molar-refractivity contribution in [3.63, 3.8) is 0 Å². The summed E-state index contributed by atoms with van der Waals surface area (Å²) in [5.74, 6) is 0. The maximum Gasteiger partial charge on any atom is 0.247 e. The summed E-state index contributed by atoms with van der Waals surface area (Å²) in [6.45, 7) is 0.00839. The molecule has 0 radical (unpaired) electrons. The summed E-state index contributed by atoms with van der Waals surface area (Å²) in [6, 6.07) is 2.37. The molecule has 0 bridgehead atoms. The van der Waals surface area contributed by atoms with Gasteiger partial charge in [0.25, 0.3) is 0 Å². The number of hydrogen-bond acceptors (Lipinski definition) is 4. The monoisotopic (exact) mass is 258 g/mol. The largest absolute Gasteiger partial charge is 0.389 e. The maximum atomic E-state index is 11.8. The fraction of sp³-hybridized carbons (Fsp3) is 0.500. The number of rotatable bonds is 4. The molecule has 0 unspecified atom stereocenters. The Balaban J connectivity index is 2.08. The molecule has 1 aromatic rings.